The van der Waals surface area contributed by atoms with E-state index in [1.807, 2.05) is 6.07 Å². The highest BCUT2D eigenvalue weighted by Gasteiger charge is 2.23. The number of furan rings is 1. The summed E-state index contributed by atoms with van der Waals surface area (Å²) in [7, 11) is 0. The summed E-state index contributed by atoms with van der Waals surface area (Å²) in [5.74, 6) is 0.611. The second-order valence-corrected chi connectivity index (χ2v) is 13.1. The maximum Gasteiger partial charge on any atom is 0.136 e. The highest BCUT2D eigenvalue weighted by Crippen LogP contribution is 2.46. The average molecular weight is 620 g/mol. The van der Waals surface area contributed by atoms with Gasteiger partial charge in [0.2, 0.25) is 0 Å². The summed E-state index contributed by atoms with van der Waals surface area (Å²) < 4.78 is 6.27. The number of para-hydroxylation sites is 3. The van der Waals surface area contributed by atoms with Gasteiger partial charge in [0.1, 0.15) is 11.2 Å². The molecular formula is C46H37NO. The SMILES string of the molecule is c1ccc(N(c2cccc(-c3cccc4oc5ccccc5c34)c2)c2ccccc2-c2cccc3cccc(C4CCCCC4)c23)cc1. The largest absolute Gasteiger partial charge is 0.456 e. The molecule has 0 unspecified atom stereocenters. The topological polar surface area (TPSA) is 16.4 Å². The Kier molecular flexibility index (Phi) is 7.28. The maximum absolute atomic E-state index is 6.27. The molecule has 48 heavy (non-hydrogen) atoms. The molecule has 9 rings (SSSR count). The minimum atomic E-state index is 0.611. The van der Waals surface area contributed by atoms with Crippen molar-refractivity contribution in [3.05, 3.63) is 163 Å². The molecule has 8 aromatic rings. The van der Waals surface area contributed by atoms with Crippen molar-refractivity contribution in [3.63, 3.8) is 0 Å². The fourth-order valence-corrected chi connectivity index (χ4v) is 8.08. The van der Waals surface area contributed by atoms with Gasteiger partial charge in [-0.2, -0.15) is 0 Å². The highest BCUT2D eigenvalue weighted by atomic mass is 16.3. The molecule has 1 fully saturated rings. The average Bonchev–Trinajstić information content (AvgIpc) is 3.55. The normalized spacial score (nSPS) is 13.8. The molecule has 1 heterocycles. The lowest BCUT2D eigenvalue weighted by atomic mass is 9.80. The molecule has 2 nitrogen and oxygen atoms in total. The van der Waals surface area contributed by atoms with Gasteiger partial charge in [-0.15, -0.1) is 0 Å². The van der Waals surface area contributed by atoms with E-state index in [0.717, 1.165) is 38.9 Å². The lowest BCUT2D eigenvalue weighted by molar-refractivity contribution is 0.445. The van der Waals surface area contributed by atoms with Crippen LogP contribution in [-0.2, 0) is 0 Å². The van der Waals surface area contributed by atoms with Gasteiger partial charge in [0, 0.05) is 27.7 Å². The molecule has 1 aliphatic rings. The molecule has 0 aliphatic heterocycles. The van der Waals surface area contributed by atoms with Crippen molar-refractivity contribution in [2.45, 2.75) is 38.0 Å². The number of rotatable bonds is 6. The van der Waals surface area contributed by atoms with Crippen molar-refractivity contribution in [2.24, 2.45) is 0 Å². The molecule has 2 heteroatoms. The van der Waals surface area contributed by atoms with Gasteiger partial charge >= 0.3 is 0 Å². The molecule has 0 saturated heterocycles. The van der Waals surface area contributed by atoms with E-state index in [4.69, 9.17) is 4.42 Å². The first kappa shape index (κ1) is 28.6. The van der Waals surface area contributed by atoms with Crippen LogP contribution in [0.15, 0.2) is 162 Å². The quantitative estimate of drug-likeness (QED) is 0.184. The monoisotopic (exact) mass is 619 g/mol. The van der Waals surface area contributed by atoms with Crippen LogP contribution in [0, 0.1) is 0 Å². The van der Waals surface area contributed by atoms with Gasteiger partial charge in [-0.05, 0) is 94.3 Å². The van der Waals surface area contributed by atoms with Crippen LogP contribution in [-0.4, -0.2) is 0 Å². The molecule has 0 N–H and O–H groups in total. The molecule has 7 aromatic carbocycles. The number of hydrogen-bond acceptors (Lipinski definition) is 2. The Hall–Kier alpha value is -5.60. The summed E-state index contributed by atoms with van der Waals surface area (Å²) in [6.07, 6.45) is 6.54. The van der Waals surface area contributed by atoms with Crippen molar-refractivity contribution >= 4 is 49.8 Å². The standard InChI is InChI=1S/C46H37NO/c1-3-15-32(16-4-1)37-25-12-17-33-18-13-27-40(45(33)37)39-23-7-9-28-42(39)47(35-20-5-2-6-21-35)36-22-11-19-34(31-36)38-26-14-30-44-46(38)41-24-8-10-29-43(41)48-44/h2,5-14,17-32H,1,3-4,15-16H2. The summed E-state index contributed by atoms with van der Waals surface area (Å²) >= 11 is 0. The van der Waals surface area contributed by atoms with E-state index in [-0.39, 0.29) is 0 Å². The van der Waals surface area contributed by atoms with Crippen LogP contribution in [0.2, 0.25) is 0 Å². The number of benzene rings is 7. The van der Waals surface area contributed by atoms with Crippen molar-refractivity contribution in [1.82, 2.24) is 0 Å². The van der Waals surface area contributed by atoms with Crippen LogP contribution in [0.5, 0.6) is 0 Å². The van der Waals surface area contributed by atoms with Crippen LogP contribution in [0.1, 0.15) is 43.6 Å². The molecule has 0 spiro atoms. The molecule has 232 valence electrons. The Morgan fingerprint density at radius 2 is 1.15 bits per heavy atom. The number of fused-ring (bicyclic) bond motifs is 4. The second-order valence-electron chi connectivity index (χ2n) is 13.1. The predicted molar refractivity (Wildman–Crippen MR) is 203 cm³/mol. The number of nitrogens with zero attached hydrogens (tertiary/aromatic N) is 1. The second kappa shape index (κ2) is 12.2. The molecule has 1 aliphatic carbocycles. The summed E-state index contributed by atoms with van der Waals surface area (Å²) in [6, 6.07) is 57.2. The zero-order valence-corrected chi connectivity index (χ0v) is 27.0. The molecule has 1 aromatic heterocycles. The van der Waals surface area contributed by atoms with Crippen LogP contribution in [0.4, 0.5) is 17.1 Å². The van der Waals surface area contributed by atoms with Gasteiger partial charge in [0.15, 0.2) is 0 Å². The smallest absolute Gasteiger partial charge is 0.136 e. The van der Waals surface area contributed by atoms with E-state index in [9.17, 15) is 0 Å². The first-order valence-corrected chi connectivity index (χ1v) is 17.3. The lowest BCUT2D eigenvalue weighted by Gasteiger charge is -2.29. The molecule has 0 bridgehead atoms. The summed E-state index contributed by atoms with van der Waals surface area (Å²) in [6.45, 7) is 0. The maximum atomic E-state index is 6.27. The van der Waals surface area contributed by atoms with Gasteiger partial charge in [-0.25, -0.2) is 0 Å². The molecule has 0 amide bonds. The van der Waals surface area contributed by atoms with Crippen LogP contribution < -0.4 is 4.90 Å². The van der Waals surface area contributed by atoms with Crippen molar-refractivity contribution in [1.29, 1.82) is 0 Å². The van der Waals surface area contributed by atoms with E-state index in [1.54, 1.807) is 0 Å². The molecule has 1 saturated carbocycles. The molecule has 0 radical (unpaired) electrons. The zero-order valence-electron chi connectivity index (χ0n) is 27.0. The third-order valence-electron chi connectivity index (χ3n) is 10.2. The Bertz CT molecular complexity index is 2390. The van der Waals surface area contributed by atoms with Gasteiger partial charge in [-0.3, -0.25) is 0 Å². The number of hydrogen-bond donors (Lipinski definition) is 0. The van der Waals surface area contributed by atoms with Gasteiger partial charge in [0.25, 0.3) is 0 Å². The minimum absolute atomic E-state index is 0.611. The number of anilines is 3. The zero-order chi connectivity index (χ0) is 31.9. The predicted octanol–water partition coefficient (Wildman–Crippen LogP) is 13.6. The minimum Gasteiger partial charge on any atom is -0.456 e. The van der Waals surface area contributed by atoms with Crippen LogP contribution in [0.25, 0.3) is 55.0 Å². The van der Waals surface area contributed by atoms with E-state index >= 15 is 0 Å². The van der Waals surface area contributed by atoms with Crippen molar-refractivity contribution in [3.8, 4) is 22.3 Å². The van der Waals surface area contributed by atoms with Crippen molar-refractivity contribution in [2.75, 3.05) is 4.90 Å². The summed E-state index contributed by atoms with van der Waals surface area (Å²) in [4.78, 5) is 2.43. The Balaban J connectivity index is 1.25. The van der Waals surface area contributed by atoms with Gasteiger partial charge in [0.05, 0.1) is 5.69 Å². The van der Waals surface area contributed by atoms with Crippen molar-refractivity contribution < 1.29 is 4.42 Å². The van der Waals surface area contributed by atoms with E-state index in [1.165, 1.54) is 70.8 Å². The fourth-order valence-electron chi connectivity index (χ4n) is 8.08. The van der Waals surface area contributed by atoms with Gasteiger partial charge in [-0.1, -0.05) is 135 Å². The van der Waals surface area contributed by atoms with E-state index < -0.39 is 0 Å². The Morgan fingerprint density at radius 3 is 2.04 bits per heavy atom. The third-order valence-corrected chi connectivity index (χ3v) is 10.2. The molecule has 0 atom stereocenters. The fraction of sp³-hybridized carbons (Fsp3) is 0.130. The Labute approximate surface area is 281 Å². The van der Waals surface area contributed by atoms with E-state index in [0.29, 0.717) is 5.92 Å². The van der Waals surface area contributed by atoms with Crippen LogP contribution in [0.3, 0.4) is 0 Å². The molecular weight excluding hydrogens is 583 g/mol. The first-order valence-electron chi connectivity index (χ1n) is 17.3. The third kappa shape index (κ3) is 4.96. The van der Waals surface area contributed by atoms with Gasteiger partial charge < -0.3 is 9.32 Å². The Morgan fingerprint density at radius 1 is 0.479 bits per heavy atom. The van der Waals surface area contributed by atoms with Crippen LogP contribution >= 0.6 is 0 Å². The first-order chi connectivity index (χ1) is 23.8. The summed E-state index contributed by atoms with van der Waals surface area (Å²) in [5, 5.41) is 5.02. The highest BCUT2D eigenvalue weighted by molar-refractivity contribution is 6.12. The van der Waals surface area contributed by atoms with E-state index in [2.05, 4.69) is 157 Å². The lowest BCUT2D eigenvalue weighted by Crippen LogP contribution is -2.11. The summed E-state index contributed by atoms with van der Waals surface area (Å²) in [5.41, 5.74) is 11.6.